The van der Waals surface area contributed by atoms with Crippen LogP contribution in [0.4, 0.5) is 0 Å². The number of likely N-dealkylation sites (tertiary alicyclic amines) is 1. The highest BCUT2D eigenvalue weighted by molar-refractivity contribution is 5.98. The van der Waals surface area contributed by atoms with E-state index in [1.807, 2.05) is 35.4 Å². The lowest BCUT2D eigenvalue weighted by Gasteiger charge is -2.37. The Morgan fingerprint density at radius 1 is 1.26 bits per heavy atom. The van der Waals surface area contributed by atoms with Crippen LogP contribution in [0.3, 0.4) is 0 Å². The Bertz CT molecular complexity index is 711. The number of ether oxygens (including phenoxy) is 1. The van der Waals surface area contributed by atoms with Crippen LogP contribution in [0, 0.1) is 5.92 Å². The summed E-state index contributed by atoms with van der Waals surface area (Å²) in [5.74, 6) is 0.659. The van der Waals surface area contributed by atoms with Crippen molar-refractivity contribution in [3.63, 3.8) is 0 Å². The number of fused-ring (bicyclic) bond motifs is 2. The van der Waals surface area contributed by atoms with Crippen LogP contribution in [-0.4, -0.2) is 66.6 Å². The lowest BCUT2D eigenvalue weighted by atomic mass is 9.93. The van der Waals surface area contributed by atoms with Gasteiger partial charge in [0.1, 0.15) is 0 Å². The molecule has 2 aliphatic rings. The van der Waals surface area contributed by atoms with E-state index in [1.165, 1.54) is 0 Å². The van der Waals surface area contributed by atoms with Crippen molar-refractivity contribution in [3.8, 4) is 0 Å². The number of carbonyl (C=O) groups is 1. The van der Waals surface area contributed by atoms with Crippen molar-refractivity contribution in [1.82, 2.24) is 14.8 Å². The third-order valence-electron chi connectivity index (χ3n) is 5.13. The number of hydrogen-bond donors (Lipinski definition) is 1. The summed E-state index contributed by atoms with van der Waals surface area (Å²) in [6.07, 6.45) is 3.10. The van der Waals surface area contributed by atoms with E-state index < -0.39 is 0 Å². The molecule has 2 aromatic rings. The Morgan fingerprint density at radius 3 is 3.09 bits per heavy atom. The van der Waals surface area contributed by atoms with E-state index in [0.717, 1.165) is 49.1 Å². The fourth-order valence-corrected chi connectivity index (χ4v) is 3.77. The van der Waals surface area contributed by atoms with E-state index in [-0.39, 0.29) is 12.0 Å². The number of amides is 1. The van der Waals surface area contributed by atoms with Gasteiger partial charge in [0.05, 0.1) is 12.7 Å². The van der Waals surface area contributed by atoms with Crippen LogP contribution in [-0.2, 0) is 4.74 Å². The number of aromatic amines is 1. The number of H-pyrrole nitrogens is 1. The number of nitrogens with zero attached hydrogens (tertiary/aromatic N) is 2. The second-order valence-corrected chi connectivity index (χ2v) is 6.75. The molecule has 0 spiro atoms. The minimum absolute atomic E-state index is 0.118. The quantitative estimate of drug-likeness (QED) is 0.875. The van der Waals surface area contributed by atoms with Crippen LogP contribution >= 0.6 is 0 Å². The summed E-state index contributed by atoms with van der Waals surface area (Å²) in [7, 11) is 2.15. The van der Waals surface area contributed by atoms with Crippen LogP contribution in [0.15, 0.2) is 30.5 Å². The highest BCUT2D eigenvalue weighted by Crippen LogP contribution is 2.25. The lowest BCUT2D eigenvalue weighted by Crippen LogP contribution is -2.48. The lowest BCUT2D eigenvalue weighted by molar-refractivity contribution is -0.0170. The van der Waals surface area contributed by atoms with E-state index in [1.54, 1.807) is 0 Å². The van der Waals surface area contributed by atoms with Crippen LogP contribution in [0.2, 0.25) is 0 Å². The molecule has 1 amide bonds. The van der Waals surface area contributed by atoms with Gasteiger partial charge in [-0.3, -0.25) is 4.79 Å². The number of nitrogens with one attached hydrogen (secondary N) is 1. The van der Waals surface area contributed by atoms with E-state index in [0.29, 0.717) is 12.5 Å². The van der Waals surface area contributed by atoms with Crippen LogP contribution < -0.4 is 0 Å². The highest BCUT2D eigenvalue weighted by atomic mass is 16.5. The Labute approximate surface area is 136 Å². The summed E-state index contributed by atoms with van der Waals surface area (Å²) in [5.41, 5.74) is 1.83. The van der Waals surface area contributed by atoms with Gasteiger partial charge in [0, 0.05) is 54.8 Å². The van der Waals surface area contributed by atoms with E-state index in [4.69, 9.17) is 4.74 Å². The van der Waals surface area contributed by atoms with Gasteiger partial charge < -0.3 is 19.5 Å². The molecule has 3 heterocycles. The Balaban J connectivity index is 1.50. The fraction of sp³-hybridized carbons (Fsp3) is 0.500. The second kappa shape index (κ2) is 5.98. The van der Waals surface area contributed by atoms with Crippen molar-refractivity contribution in [2.45, 2.75) is 12.5 Å². The van der Waals surface area contributed by atoms with Crippen molar-refractivity contribution in [2.24, 2.45) is 5.92 Å². The molecule has 1 aromatic carbocycles. The molecule has 122 valence electrons. The summed E-state index contributed by atoms with van der Waals surface area (Å²) in [5, 5.41) is 1.08. The summed E-state index contributed by atoms with van der Waals surface area (Å²) in [6, 6.07) is 7.87. The normalized spacial score (nSPS) is 26.0. The Morgan fingerprint density at radius 2 is 2.17 bits per heavy atom. The zero-order valence-electron chi connectivity index (χ0n) is 13.5. The van der Waals surface area contributed by atoms with Gasteiger partial charge in [0.2, 0.25) is 0 Å². The fourth-order valence-electron chi connectivity index (χ4n) is 3.77. The molecule has 5 nitrogen and oxygen atoms in total. The third-order valence-corrected chi connectivity index (χ3v) is 5.13. The molecule has 4 rings (SSSR count). The third kappa shape index (κ3) is 2.86. The molecule has 0 radical (unpaired) electrons. The molecule has 2 saturated heterocycles. The van der Waals surface area contributed by atoms with E-state index in [9.17, 15) is 4.79 Å². The molecular weight excluding hydrogens is 290 g/mol. The molecule has 0 saturated carbocycles. The first-order valence-electron chi connectivity index (χ1n) is 8.37. The maximum atomic E-state index is 12.8. The number of likely N-dealkylation sites (N-methyl/N-ethyl adjacent to an activating group) is 1. The standard InChI is InChI=1S/C18H23N3O2/c1-20-8-9-23-17-12-21(7-5-15(17)11-20)18(22)14-2-3-16-13(10-14)4-6-19-16/h2-4,6,10,15,17,19H,5,7-9,11-12H2,1H3/t15-,17-/m1/s1. The Kier molecular flexibility index (Phi) is 3.83. The average Bonchev–Trinajstić information content (AvgIpc) is 2.94. The highest BCUT2D eigenvalue weighted by Gasteiger charge is 2.34. The molecular formula is C18H23N3O2. The topological polar surface area (TPSA) is 48.6 Å². The monoisotopic (exact) mass is 313 g/mol. The van der Waals surface area contributed by atoms with Gasteiger partial charge >= 0.3 is 0 Å². The summed E-state index contributed by atoms with van der Waals surface area (Å²) in [4.78, 5) is 20.3. The van der Waals surface area contributed by atoms with Gasteiger partial charge in [-0.15, -0.1) is 0 Å². The van der Waals surface area contributed by atoms with Crippen molar-refractivity contribution >= 4 is 16.8 Å². The minimum atomic E-state index is 0.118. The SMILES string of the molecule is CN1CCO[C@@H]2CN(C(=O)c3ccc4[nH]ccc4c3)CC[C@@H]2C1. The molecule has 0 aliphatic carbocycles. The van der Waals surface area contributed by atoms with Gasteiger partial charge in [-0.05, 0) is 37.7 Å². The van der Waals surface area contributed by atoms with E-state index in [2.05, 4.69) is 16.9 Å². The maximum absolute atomic E-state index is 12.8. The van der Waals surface area contributed by atoms with Gasteiger partial charge in [-0.1, -0.05) is 0 Å². The molecule has 5 heteroatoms. The Hall–Kier alpha value is -1.85. The first kappa shape index (κ1) is 14.7. The van der Waals surface area contributed by atoms with Crippen molar-refractivity contribution in [3.05, 3.63) is 36.0 Å². The van der Waals surface area contributed by atoms with Crippen molar-refractivity contribution < 1.29 is 9.53 Å². The number of piperidine rings is 1. The molecule has 0 unspecified atom stereocenters. The van der Waals surface area contributed by atoms with Gasteiger partial charge in [0.25, 0.3) is 5.91 Å². The number of benzene rings is 1. The predicted octanol–water partition coefficient (Wildman–Crippen LogP) is 1.96. The average molecular weight is 313 g/mol. The van der Waals surface area contributed by atoms with Gasteiger partial charge in [-0.25, -0.2) is 0 Å². The number of hydrogen-bond acceptors (Lipinski definition) is 3. The second-order valence-electron chi connectivity index (χ2n) is 6.75. The minimum Gasteiger partial charge on any atom is -0.375 e. The van der Waals surface area contributed by atoms with Gasteiger partial charge in [-0.2, -0.15) is 0 Å². The predicted molar refractivity (Wildman–Crippen MR) is 89.5 cm³/mol. The first-order valence-corrected chi connectivity index (χ1v) is 8.37. The molecule has 2 atom stereocenters. The number of aromatic nitrogens is 1. The molecule has 1 N–H and O–H groups in total. The van der Waals surface area contributed by atoms with Crippen LogP contribution in [0.5, 0.6) is 0 Å². The molecule has 2 aliphatic heterocycles. The van der Waals surface area contributed by atoms with E-state index >= 15 is 0 Å². The molecule has 0 bridgehead atoms. The summed E-state index contributed by atoms with van der Waals surface area (Å²) in [6.45, 7) is 4.34. The van der Waals surface area contributed by atoms with Crippen LogP contribution in [0.25, 0.3) is 10.9 Å². The smallest absolute Gasteiger partial charge is 0.253 e. The molecule has 23 heavy (non-hydrogen) atoms. The molecule has 1 aromatic heterocycles. The summed E-state index contributed by atoms with van der Waals surface area (Å²) >= 11 is 0. The van der Waals surface area contributed by atoms with Crippen molar-refractivity contribution in [1.29, 1.82) is 0 Å². The zero-order chi connectivity index (χ0) is 15.8. The van der Waals surface area contributed by atoms with Crippen LogP contribution in [0.1, 0.15) is 16.8 Å². The maximum Gasteiger partial charge on any atom is 0.253 e. The largest absolute Gasteiger partial charge is 0.375 e. The number of rotatable bonds is 1. The van der Waals surface area contributed by atoms with Crippen molar-refractivity contribution in [2.75, 3.05) is 39.8 Å². The van der Waals surface area contributed by atoms with Gasteiger partial charge in [0.15, 0.2) is 0 Å². The number of carbonyl (C=O) groups excluding carboxylic acids is 1. The molecule has 2 fully saturated rings. The summed E-state index contributed by atoms with van der Waals surface area (Å²) < 4.78 is 6.01. The zero-order valence-corrected chi connectivity index (χ0v) is 13.5. The first-order chi connectivity index (χ1) is 11.2.